The molecule has 0 aliphatic heterocycles. The van der Waals surface area contributed by atoms with Crippen molar-refractivity contribution >= 4 is 5.97 Å². The third-order valence-corrected chi connectivity index (χ3v) is 9.09. The van der Waals surface area contributed by atoms with E-state index in [4.69, 9.17) is 10.5 Å². The molecule has 0 saturated heterocycles. The first-order valence-electron chi connectivity index (χ1n) is 16.7. The van der Waals surface area contributed by atoms with E-state index in [1.807, 2.05) is 0 Å². The third-order valence-electron chi connectivity index (χ3n) is 9.09. The zero-order valence-corrected chi connectivity index (χ0v) is 27.2. The third kappa shape index (κ3) is 14.7. The molecule has 1 fully saturated rings. The Morgan fingerprint density at radius 2 is 1.49 bits per heavy atom. The van der Waals surface area contributed by atoms with E-state index in [-0.39, 0.29) is 35.5 Å². The molecule has 0 aromatic heterocycles. The van der Waals surface area contributed by atoms with Crippen LogP contribution in [0.15, 0.2) is 0 Å². The normalized spacial score (nSPS) is 24.2. The van der Waals surface area contributed by atoms with Gasteiger partial charge in [-0.15, -0.1) is 0 Å². The zero-order chi connectivity index (χ0) is 29.4. The van der Waals surface area contributed by atoms with Gasteiger partial charge in [-0.25, -0.2) is 0 Å². The first kappa shape index (κ1) is 36.4. The standard InChI is InChI=1S/C34H68N2O3/c1-8-10-12-14-16-18-20-22-34(7,31(38)39-25-28(3)37)30(21-19-17-15-13-11-9-2)36-27-33(6)24-29(35)23-32(4,5)26-33/h28-30,36-37H,8-27,35H2,1-7H3. The fourth-order valence-electron chi connectivity index (χ4n) is 7.22. The van der Waals surface area contributed by atoms with E-state index < -0.39 is 11.5 Å². The van der Waals surface area contributed by atoms with Gasteiger partial charge in [0.1, 0.15) is 6.61 Å². The molecule has 4 N–H and O–H groups in total. The summed E-state index contributed by atoms with van der Waals surface area (Å²) in [4.78, 5) is 13.7. The molecule has 1 aliphatic carbocycles. The predicted molar refractivity (Wildman–Crippen MR) is 167 cm³/mol. The minimum Gasteiger partial charge on any atom is -0.462 e. The second-order valence-electron chi connectivity index (χ2n) is 14.5. The lowest BCUT2D eigenvalue weighted by atomic mass is 9.62. The number of esters is 1. The smallest absolute Gasteiger partial charge is 0.313 e. The monoisotopic (exact) mass is 553 g/mol. The molecule has 0 bridgehead atoms. The van der Waals surface area contributed by atoms with Gasteiger partial charge in [0.2, 0.25) is 0 Å². The summed E-state index contributed by atoms with van der Waals surface area (Å²) in [5.41, 5.74) is 6.28. The average Bonchev–Trinajstić information content (AvgIpc) is 2.84. The van der Waals surface area contributed by atoms with Gasteiger partial charge in [-0.1, -0.05) is 118 Å². The van der Waals surface area contributed by atoms with E-state index in [9.17, 15) is 9.90 Å². The molecule has 0 amide bonds. The quantitative estimate of drug-likeness (QED) is 0.0929. The predicted octanol–water partition coefficient (Wildman–Crippen LogP) is 8.31. The van der Waals surface area contributed by atoms with Crippen LogP contribution in [0, 0.1) is 16.2 Å². The van der Waals surface area contributed by atoms with Gasteiger partial charge in [0.25, 0.3) is 0 Å². The lowest BCUT2D eigenvalue weighted by molar-refractivity contribution is -0.160. The number of unbranched alkanes of at least 4 members (excludes halogenated alkanes) is 11. The van der Waals surface area contributed by atoms with Crippen LogP contribution in [0.3, 0.4) is 0 Å². The van der Waals surface area contributed by atoms with Gasteiger partial charge in [0, 0.05) is 18.6 Å². The highest BCUT2D eigenvalue weighted by Gasteiger charge is 2.45. The number of hydrogen-bond donors (Lipinski definition) is 3. The summed E-state index contributed by atoms with van der Waals surface area (Å²) in [6, 6.07) is 0.288. The summed E-state index contributed by atoms with van der Waals surface area (Å²) in [5, 5.41) is 13.8. The number of aliphatic hydroxyl groups excluding tert-OH is 1. The van der Waals surface area contributed by atoms with Gasteiger partial charge < -0.3 is 20.9 Å². The van der Waals surface area contributed by atoms with Crippen molar-refractivity contribution in [3.05, 3.63) is 0 Å². The van der Waals surface area contributed by atoms with Crippen molar-refractivity contribution in [1.29, 1.82) is 0 Å². The molecule has 0 aromatic rings. The molecule has 1 rings (SSSR count). The molecule has 1 saturated carbocycles. The number of carbonyl (C=O) groups is 1. The molecule has 5 unspecified atom stereocenters. The molecular formula is C34H68N2O3. The highest BCUT2D eigenvalue weighted by atomic mass is 16.5. The molecule has 0 spiro atoms. The Morgan fingerprint density at radius 1 is 0.949 bits per heavy atom. The molecular weight excluding hydrogens is 484 g/mol. The number of nitrogens with two attached hydrogens (primary N) is 1. The van der Waals surface area contributed by atoms with E-state index >= 15 is 0 Å². The minimum atomic E-state index is -0.647. The lowest BCUT2D eigenvalue weighted by Gasteiger charge is -2.47. The summed E-state index contributed by atoms with van der Waals surface area (Å²) < 4.78 is 5.74. The molecule has 1 aliphatic rings. The highest BCUT2D eigenvalue weighted by Crippen LogP contribution is 2.45. The second kappa shape index (κ2) is 18.7. The highest BCUT2D eigenvalue weighted by molar-refractivity contribution is 5.77. The van der Waals surface area contributed by atoms with Crippen LogP contribution in [0.5, 0.6) is 0 Å². The summed E-state index contributed by atoms with van der Waals surface area (Å²) in [6.07, 6.45) is 20.5. The maximum Gasteiger partial charge on any atom is 0.313 e. The Balaban J connectivity index is 3.01. The van der Waals surface area contributed by atoms with Gasteiger partial charge in [0.05, 0.1) is 11.5 Å². The van der Waals surface area contributed by atoms with Crippen LogP contribution in [-0.2, 0) is 9.53 Å². The number of carbonyl (C=O) groups excluding carboxylic acids is 1. The van der Waals surface area contributed by atoms with Gasteiger partial charge in [-0.05, 0) is 56.8 Å². The van der Waals surface area contributed by atoms with Crippen LogP contribution in [-0.4, -0.2) is 42.4 Å². The second-order valence-corrected chi connectivity index (χ2v) is 14.5. The molecule has 0 aromatic carbocycles. The van der Waals surface area contributed by atoms with Crippen LogP contribution in [0.1, 0.15) is 164 Å². The van der Waals surface area contributed by atoms with Crippen molar-refractivity contribution in [3.8, 4) is 0 Å². The number of nitrogens with one attached hydrogen (secondary N) is 1. The Hall–Kier alpha value is -0.650. The van der Waals surface area contributed by atoms with Crippen molar-refractivity contribution < 1.29 is 14.6 Å². The van der Waals surface area contributed by atoms with Crippen molar-refractivity contribution in [2.45, 2.75) is 182 Å². The number of rotatable bonds is 22. The maximum absolute atomic E-state index is 13.7. The van der Waals surface area contributed by atoms with E-state index in [1.165, 1.54) is 64.2 Å². The van der Waals surface area contributed by atoms with Crippen LogP contribution in [0.4, 0.5) is 0 Å². The van der Waals surface area contributed by atoms with Crippen molar-refractivity contribution in [2.24, 2.45) is 22.0 Å². The first-order chi connectivity index (χ1) is 18.4. The number of aliphatic hydroxyl groups is 1. The zero-order valence-electron chi connectivity index (χ0n) is 27.2. The van der Waals surface area contributed by atoms with Gasteiger partial charge >= 0.3 is 5.97 Å². The van der Waals surface area contributed by atoms with E-state index in [1.54, 1.807) is 6.92 Å². The Labute approximate surface area is 243 Å². The van der Waals surface area contributed by atoms with Crippen molar-refractivity contribution in [1.82, 2.24) is 5.32 Å². The molecule has 5 heteroatoms. The minimum absolute atomic E-state index is 0.0587. The molecule has 5 atom stereocenters. The fraction of sp³-hybridized carbons (Fsp3) is 0.971. The Bertz CT molecular complexity index is 652. The molecule has 232 valence electrons. The number of hydrogen-bond acceptors (Lipinski definition) is 5. The lowest BCUT2D eigenvalue weighted by Crippen LogP contribution is -2.54. The summed E-state index contributed by atoms with van der Waals surface area (Å²) in [5.74, 6) is -0.149. The summed E-state index contributed by atoms with van der Waals surface area (Å²) in [7, 11) is 0. The van der Waals surface area contributed by atoms with E-state index in [2.05, 4.69) is 46.9 Å². The molecule has 5 nitrogen and oxygen atoms in total. The molecule has 39 heavy (non-hydrogen) atoms. The van der Waals surface area contributed by atoms with E-state index in [0.29, 0.717) is 0 Å². The Kier molecular flexibility index (Phi) is 17.5. The van der Waals surface area contributed by atoms with Gasteiger partial charge in [0.15, 0.2) is 0 Å². The molecule has 0 heterocycles. The first-order valence-corrected chi connectivity index (χ1v) is 16.7. The van der Waals surface area contributed by atoms with Crippen LogP contribution in [0.2, 0.25) is 0 Å². The van der Waals surface area contributed by atoms with Crippen LogP contribution < -0.4 is 11.1 Å². The maximum atomic E-state index is 13.7. The number of ether oxygens (including phenoxy) is 1. The average molecular weight is 553 g/mol. The largest absolute Gasteiger partial charge is 0.462 e. The van der Waals surface area contributed by atoms with Crippen molar-refractivity contribution in [3.63, 3.8) is 0 Å². The van der Waals surface area contributed by atoms with Gasteiger partial charge in [-0.3, -0.25) is 4.79 Å². The Morgan fingerprint density at radius 3 is 2.03 bits per heavy atom. The van der Waals surface area contributed by atoms with Crippen molar-refractivity contribution in [2.75, 3.05) is 13.2 Å². The molecule has 0 radical (unpaired) electrons. The SMILES string of the molecule is CCCCCCCCCC(C)(C(=O)OCC(C)O)C(CCCCCCCC)NCC1(C)CC(N)CC(C)(C)C1. The summed E-state index contributed by atoms with van der Waals surface area (Å²) >= 11 is 0. The summed E-state index contributed by atoms with van der Waals surface area (Å²) in [6.45, 7) is 16.3. The van der Waals surface area contributed by atoms with Crippen LogP contribution >= 0.6 is 0 Å². The van der Waals surface area contributed by atoms with E-state index in [0.717, 1.165) is 57.9 Å². The van der Waals surface area contributed by atoms with Crippen LogP contribution in [0.25, 0.3) is 0 Å². The fourth-order valence-corrected chi connectivity index (χ4v) is 7.22. The topological polar surface area (TPSA) is 84.6 Å². The van der Waals surface area contributed by atoms with Gasteiger partial charge in [-0.2, -0.15) is 0 Å².